The van der Waals surface area contributed by atoms with Gasteiger partial charge in [0.1, 0.15) is 0 Å². The van der Waals surface area contributed by atoms with E-state index in [9.17, 15) is 4.79 Å². The Kier molecular flexibility index (Phi) is 3.78. The zero-order valence-corrected chi connectivity index (χ0v) is 10.2. The number of carbonyl (C=O) groups excluding carboxylic acids is 1. The van der Waals surface area contributed by atoms with Crippen molar-refractivity contribution in [1.29, 1.82) is 0 Å². The average molecular weight is 227 g/mol. The minimum atomic E-state index is -0.348. The monoisotopic (exact) mass is 227 g/mol. The van der Waals surface area contributed by atoms with Gasteiger partial charge in [-0.3, -0.25) is 4.79 Å². The molecule has 1 amide bonds. The fourth-order valence-electron chi connectivity index (χ4n) is 1.84. The Morgan fingerprint density at radius 1 is 1.69 bits per heavy atom. The van der Waals surface area contributed by atoms with E-state index in [1.807, 2.05) is 6.92 Å². The number of hydrogen-bond acceptors (Lipinski definition) is 3. The molecule has 1 saturated carbocycles. The molecule has 0 spiro atoms. The summed E-state index contributed by atoms with van der Waals surface area (Å²) >= 11 is 0. The molecule has 16 heavy (non-hydrogen) atoms. The standard InChI is InChI=1S/C11H21N3O2/c1-4-5-8(9(12)14-16)13-10(15)7-6-11(7,2)3/h7-8,16H,4-6H2,1-3H3,(H2,12,14)(H,13,15). The zero-order valence-electron chi connectivity index (χ0n) is 10.2. The number of nitrogens with zero attached hydrogens (tertiary/aromatic N) is 1. The van der Waals surface area contributed by atoms with Crippen molar-refractivity contribution in [2.24, 2.45) is 22.2 Å². The van der Waals surface area contributed by atoms with Crippen LogP contribution in [0.15, 0.2) is 5.16 Å². The summed E-state index contributed by atoms with van der Waals surface area (Å²) in [7, 11) is 0. The first-order chi connectivity index (χ1) is 7.42. The van der Waals surface area contributed by atoms with Gasteiger partial charge in [0.25, 0.3) is 0 Å². The quantitative estimate of drug-likeness (QED) is 0.284. The van der Waals surface area contributed by atoms with Crippen LogP contribution < -0.4 is 11.1 Å². The summed E-state index contributed by atoms with van der Waals surface area (Å²) in [5.41, 5.74) is 5.63. The van der Waals surface area contributed by atoms with Gasteiger partial charge in [-0.1, -0.05) is 32.3 Å². The summed E-state index contributed by atoms with van der Waals surface area (Å²) in [6.07, 6.45) is 2.47. The van der Waals surface area contributed by atoms with Gasteiger partial charge in [-0.2, -0.15) is 0 Å². The van der Waals surface area contributed by atoms with Gasteiger partial charge < -0.3 is 16.3 Å². The van der Waals surface area contributed by atoms with Gasteiger partial charge in [0, 0.05) is 5.92 Å². The van der Waals surface area contributed by atoms with Gasteiger partial charge in [0.15, 0.2) is 5.84 Å². The van der Waals surface area contributed by atoms with E-state index in [1.54, 1.807) is 0 Å². The highest BCUT2D eigenvalue weighted by molar-refractivity contribution is 5.91. The molecule has 1 aliphatic rings. The number of nitrogens with one attached hydrogen (secondary N) is 1. The first kappa shape index (κ1) is 12.8. The molecule has 0 aromatic heterocycles. The van der Waals surface area contributed by atoms with Gasteiger partial charge in [-0.15, -0.1) is 0 Å². The van der Waals surface area contributed by atoms with Crippen molar-refractivity contribution in [1.82, 2.24) is 5.32 Å². The smallest absolute Gasteiger partial charge is 0.224 e. The van der Waals surface area contributed by atoms with Crippen molar-refractivity contribution in [2.45, 2.75) is 46.1 Å². The maximum absolute atomic E-state index is 11.8. The number of amidine groups is 1. The van der Waals surface area contributed by atoms with Crippen LogP contribution in [0.1, 0.15) is 40.0 Å². The van der Waals surface area contributed by atoms with E-state index in [4.69, 9.17) is 10.9 Å². The first-order valence-corrected chi connectivity index (χ1v) is 5.70. The number of hydrogen-bond donors (Lipinski definition) is 3. The molecule has 1 rings (SSSR count). The fourth-order valence-corrected chi connectivity index (χ4v) is 1.84. The molecule has 1 fully saturated rings. The first-order valence-electron chi connectivity index (χ1n) is 5.70. The van der Waals surface area contributed by atoms with Crippen molar-refractivity contribution < 1.29 is 10.0 Å². The van der Waals surface area contributed by atoms with Crippen LogP contribution in [0.5, 0.6) is 0 Å². The predicted molar refractivity (Wildman–Crippen MR) is 62.1 cm³/mol. The van der Waals surface area contributed by atoms with Gasteiger partial charge in [-0.05, 0) is 18.3 Å². The second kappa shape index (κ2) is 4.72. The molecular formula is C11H21N3O2. The highest BCUT2D eigenvalue weighted by Crippen LogP contribution is 2.51. The zero-order chi connectivity index (χ0) is 12.3. The van der Waals surface area contributed by atoms with Crippen LogP contribution in [0.4, 0.5) is 0 Å². The van der Waals surface area contributed by atoms with Crippen molar-refractivity contribution in [2.75, 3.05) is 0 Å². The van der Waals surface area contributed by atoms with Gasteiger partial charge in [0.05, 0.1) is 6.04 Å². The van der Waals surface area contributed by atoms with Crippen molar-refractivity contribution in [3.8, 4) is 0 Å². The van der Waals surface area contributed by atoms with Crippen molar-refractivity contribution >= 4 is 11.7 Å². The molecule has 5 nitrogen and oxygen atoms in total. The molecule has 0 aromatic carbocycles. The van der Waals surface area contributed by atoms with E-state index in [2.05, 4.69) is 24.3 Å². The van der Waals surface area contributed by atoms with Gasteiger partial charge in [-0.25, -0.2) is 0 Å². The number of oxime groups is 1. The number of rotatable bonds is 5. The molecule has 1 aliphatic carbocycles. The van der Waals surface area contributed by atoms with E-state index < -0.39 is 0 Å². The lowest BCUT2D eigenvalue weighted by Gasteiger charge is -2.17. The third-order valence-corrected chi connectivity index (χ3v) is 3.20. The summed E-state index contributed by atoms with van der Waals surface area (Å²) in [5.74, 6) is 0.155. The Labute approximate surface area is 96.1 Å². The van der Waals surface area contributed by atoms with Crippen LogP contribution in [-0.4, -0.2) is 23.0 Å². The largest absolute Gasteiger partial charge is 0.409 e. The SMILES string of the molecule is CCCC(NC(=O)C1CC1(C)C)C(N)=NO. The molecular weight excluding hydrogens is 206 g/mol. The molecule has 4 N–H and O–H groups in total. The lowest BCUT2D eigenvalue weighted by molar-refractivity contribution is -0.123. The molecule has 0 heterocycles. The van der Waals surface area contributed by atoms with E-state index in [0.29, 0.717) is 6.42 Å². The minimum Gasteiger partial charge on any atom is -0.409 e. The van der Waals surface area contributed by atoms with E-state index in [0.717, 1.165) is 12.8 Å². The number of nitrogens with two attached hydrogens (primary N) is 1. The predicted octanol–water partition coefficient (Wildman–Crippen LogP) is 1.06. The molecule has 0 bridgehead atoms. The molecule has 0 aromatic rings. The fraction of sp³-hybridized carbons (Fsp3) is 0.818. The second-order valence-corrected chi connectivity index (χ2v) is 5.12. The topological polar surface area (TPSA) is 87.7 Å². The molecule has 92 valence electrons. The summed E-state index contributed by atoms with van der Waals surface area (Å²) in [5, 5.41) is 14.4. The highest BCUT2D eigenvalue weighted by Gasteiger charge is 2.50. The summed E-state index contributed by atoms with van der Waals surface area (Å²) in [4.78, 5) is 11.8. The lowest BCUT2D eigenvalue weighted by Crippen LogP contribution is -2.45. The Morgan fingerprint density at radius 3 is 2.62 bits per heavy atom. The molecule has 2 atom stereocenters. The van der Waals surface area contributed by atoms with Crippen LogP contribution in [0.25, 0.3) is 0 Å². The number of amides is 1. The third kappa shape index (κ3) is 2.87. The minimum absolute atomic E-state index is 0.00931. The van der Waals surface area contributed by atoms with Crippen molar-refractivity contribution in [3.63, 3.8) is 0 Å². The second-order valence-electron chi connectivity index (χ2n) is 5.12. The Balaban J connectivity index is 2.53. The van der Waals surface area contributed by atoms with Crippen LogP contribution >= 0.6 is 0 Å². The van der Waals surface area contributed by atoms with Crippen LogP contribution in [0.2, 0.25) is 0 Å². The maximum atomic E-state index is 11.8. The molecule has 5 heteroatoms. The Hall–Kier alpha value is -1.26. The van der Waals surface area contributed by atoms with E-state index >= 15 is 0 Å². The summed E-state index contributed by atoms with van der Waals surface area (Å²) < 4.78 is 0. The molecule has 0 saturated heterocycles. The van der Waals surface area contributed by atoms with E-state index in [1.165, 1.54) is 0 Å². The summed E-state index contributed by atoms with van der Waals surface area (Å²) in [6.45, 7) is 6.12. The van der Waals surface area contributed by atoms with Crippen LogP contribution in [-0.2, 0) is 4.79 Å². The molecule has 0 aliphatic heterocycles. The molecule has 0 radical (unpaired) electrons. The third-order valence-electron chi connectivity index (χ3n) is 3.20. The van der Waals surface area contributed by atoms with Gasteiger partial charge in [0.2, 0.25) is 5.91 Å². The molecule has 2 unspecified atom stereocenters. The average Bonchev–Trinajstić information content (AvgIpc) is 2.86. The van der Waals surface area contributed by atoms with Crippen LogP contribution in [0.3, 0.4) is 0 Å². The van der Waals surface area contributed by atoms with Crippen LogP contribution in [0, 0.1) is 11.3 Å². The normalized spacial score (nSPS) is 24.9. The number of carbonyl (C=O) groups is 1. The summed E-state index contributed by atoms with van der Waals surface area (Å²) in [6, 6.07) is -0.348. The maximum Gasteiger partial charge on any atom is 0.224 e. The Morgan fingerprint density at radius 2 is 2.25 bits per heavy atom. The Bertz CT molecular complexity index is 300. The lowest BCUT2D eigenvalue weighted by atomic mass is 10.1. The van der Waals surface area contributed by atoms with Crippen molar-refractivity contribution in [3.05, 3.63) is 0 Å². The highest BCUT2D eigenvalue weighted by atomic mass is 16.4. The van der Waals surface area contributed by atoms with Gasteiger partial charge >= 0.3 is 0 Å². The van der Waals surface area contributed by atoms with E-state index in [-0.39, 0.29) is 29.1 Å².